The van der Waals surface area contributed by atoms with Crippen molar-refractivity contribution in [1.82, 2.24) is 9.97 Å². The van der Waals surface area contributed by atoms with Gasteiger partial charge in [0.1, 0.15) is 18.0 Å². The maximum atomic E-state index is 5.36. The van der Waals surface area contributed by atoms with Crippen molar-refractivity contribution in [1.29, 1.82) is 0 Å². The highest BCUT2D eigenvalue weighted by Gasteiger charge is 2.24. The molecular formula is C12H20N4O. The molecule has 2 rings (SSSR count). The zero-order valence-corrected chi connectivity index (χ0v) is 10.4. The molecule has 0 bridgehead atoms. The van der Waals surface area contributed by atoms with Gasteiger partial charge in [-0.2, -0.15) is 0 Å². The summed E-state index contributed by atoms with van der Waals surface area (Å²) in [5, 5.41) is 6.61. The number of aromatic nitrogens is 2. The zero-order chi connectivity index (χ0) is 12.1. The van der Waals surface area contributed by atoms with Gasteiger partial charge in [0.25, 0.3) is 0 Å². The molecule has 0 amide bonds. The Hall–Kier alpha value is -1.36. The van der Waals surface area contributed by atoms with Gasteiger partial charge in [0.2, 0.25) is 0 Å². The number of rotatable bonds is 5. The second-order valence-corrected chi connectivity index (χ2v) is 4.33. The van der Waals surface area contributed by atoms with E-state index in [2.05, 4.69) is 27.5 Å². The first-order valence-electron chi connectivity index (χ1n) is 6.17. The third-order valence-electron chi connectivity index (χ3n) is 3.09. The van der Waals surface area contributed by atoms with Gasteiger partial charge < -0.3 is 15.4 Å². The molecule has 2 atom stereocenters. The molecule has 1 aliphatic rings. The predicted octanol–water partition coefficient (Wildman–Crippen LogP) is 1.89. The van der Waals surface area contributed by atoms with Gasteiger partial charge in [0.15, 0.2) is 0 Å². The maximum Gasteiger partial charge on any atom is 0.131 e. The van der Waals surface area contributed by atoms with E-state index in [-0.39, 0.29) is 0 Å². The second kappa shape index (κ2) is 5.82. The molecule has 5 heteroatoms. The van der Waals surface area contributed by atoms with Gasteiger partial charge in [0.05, 0.1) is 6.10 Å². The van der Waals surface area contributed by atoms with Crippen molar-refractivity contribution >= 4 is 11.6 Å². The summed E-state index contributed by atoms with van der Waals surface area (Å²) in [4.78, 5) is 8.38. The van der Waals surface area contributed by atoms with Gasteiger partial charge in [0, 0.05) is 25.8 Å². The third-order valence-corrected chi connectivity index (χ3v) is 3.09. The van der Waals surface area contributed by atoms with Crippen molar-refractivity contribution in [3.63, 3.8) is 0 Å². The third kappa shape index (κ3) is 3.30. The van der Waals surface area contributed by atoms with Crippen LogP contribution < -0.4 is 10.6 Å². The number of hydrogen-bond acceptors (Lipinski definition) is 5. The SMILES string of the molecule is CCNc1cc(NC2CCC(OC)C2)ncn1. The molecule has 1 saturated carbocycles. The lowest BCUT2D eigenvalue weighted by Crippen LogP contribution is -2.18. The summed E-state index contributed by atoms with van der Waals surface area (Å²) in [7, 11) is 1.78. The van der Waals surface area contributed by atoms with Gasteiger partial charge >= 0.3 is 0 Å². The Balaban J connectivity index is 1.92. The highest BCUT2D eigenvalue weighted by molar-refractivity contribution is 5.46. The monoisotopic (exact) mass is 236 g/mol. The topological polar surface area (TPSA) is 59.1 Å². The van der Waals surface area contributed by atoms with Crippen LogP contribution in [0.5, 0.6) is 0 Å². The Bertz CT molecular complexity index is 358. The van der Waals surface area contributed by atoms with Gasteiger partial charge in [-0.1, -0.05) is 0 Å². The molecule has 1 aliphatic carbocycles. The van der Waals surface area contributed by atoms with E-state index in [1.54, 1.807) is 13.4 Å². The molecule has 5 nitrogen and oxygen atoms in total. The summed E-state index contributed by atoms with van der Waals surface area (Å²) in [5.74, 6) is 1.75. The summed E-state index contributed by atoms with van der Waals surface area (Å²) in [6.07, 6.45) is 5.29. The lowest BCUT2D eigenvalue weighted by Gasteiger charge is -2.14. The first-order chi connectivity index (χ1) is 8.31. The van der Waals surface area contributed by atoms with Crippen LogP contribution in [-0.4, -0.2) is 35.8 Å². The zero-order valence-electron chi connectivity index (χ0n) is 10.4. The van der Waals surface area contributed by atoms with Gasteiger partial charge in [-0.05, 0) is 26.2 Å². The van der Waals surface area contributed by atoms with E-state index >= 15 is 0 Å². The van der Waals surface area contributed by atoms with Crippen molar-refractivity contribution < 1.29 is 4.74 Å². The minimum Gasteiger partial charge on any atom is -0.381 e. The van der Waals surface area contributed by atoms with Crippen molar-refractivity contribution in [2.75, 3.05) is 24.3 Å². The van der Waals surface area contributed by atoms with Gasteiger partial charge in [-0.3, -0.25) is 0 Å². The van der Waals surface area contributed by atoms with Gasteiger partial charge in [-0.25, -0.2) is 9.97 Å². The average molecular weight is 236 g/mol. The number of ether oxygens (including phenoxy) is 1. The molecule has 0 radical (unpaired) electrons. The van der Waals surface area contributed by atoms with Crippen molar-refractivity contribution in [3.05, 3.63) is 12.4 Å². The van der Waals surface area contributed by atoms with Crippen LogP contribution in [0, 0.1) is 0 Å². The van der Waals surface area contributed by atoms with E-state index in [1.807, 2.05) is 6.07 Å². The van der Waals surface area contributed by atoms with Crippen LogP contribution in [0.25, 0.3) is 0 Å². The normalized spacial score (nSPS) is 23.6. The summed E-state index contributed by atoms with van der Waals surface area (Å²) >= 11 is 0. The second-order valence-electron chi connectivity index (χ2n) is 4.33. The Kier molecular flexibility index (Phi) is 4.14. The van der Waals surface area contributed by atoms with Crippen molar-refractivity contribution in [3.8, 4) is 0 Å². The lowest BCUT2D eigenvalue weighted by atomic mass is 10.2. The van der Waals surface area contributed by atoms with Crippen molar-refractivity contribution in [2.45, 2.75) is 38.3 Å². The number of anilines is 2. The Morgan fingerprint density at radius 2 is 2.18 bits per heavy atom. The minimum atomic E-state index is 0.391. The van der Waals surface area contributed by atoms with Crippen LogP contribution in [-0.2, 0) is 4.74 Å². The molecule has 0 aliphatic heterocycles. The van der Waals surface area contributed by atoms with Crippen LogP contribution in [0.4, 0.5) is 11.6 Å². The van der Waals surface area contributed by atoms with E-state index in [1.165, 1.54) is 0 Å². The summed E-state index contributed by atoms with van der Waals surface area (Å²) in [5.41, 5.74) is 0. The smallest absolute Gasteiger partial charge is 0.131 e. The lowest BCUT2D eigenvalue weighted by molar-refractivity contribution is 0.108. The van der Waals surface area contributed by atoms with E-state index in [4.69, 9.17) is 4.74 Å². The Morgan fingerprint density at radius 1 is 1.35 bits per heavy atom. The van der Waals surface area contributed by atoms with Crippen LogP contribution in [0.1, 0.15) is 26.2 Å². The molecule has 0 spiro atoms. The number of hydrogen-bond donors (Lipinski definition) is 2. The molecule has 94 valence electrons. The number of methoxy groups -OCH3 is 1. The number of nitrogens with zero attached hydrogens (tertiary/aromatic N) is 2. The fraction of sp³-hybridized carbons (Fsp3) is 0.667. The molecule has 17 heavy (non-hydrogen) atoms. The molecule has 0 aromatic carbocycles. The van der Waals surface area contributed by atoms with Crippen molar-refractivity contribution in [2.24, 2.45) is 0 Å². The fourth-order valence-corrected chi connectivity index (χ4v) is 2.21. The molecule has 2 N–H and O–H groups in total. The highest BCUT2D eigenvalue weighted by atomic mass is 16.5. The quantitative estimate of drug-likeness (QED) is 0.817. The first kappa shape index (κ1) is 12.1. The molecule has 0 saturated heterocycles. The van der Waals surface area contributed by atoms with Crippen LogP contribution in [0.3, 0.4) is 0 Å². The Labute approximate surface area is 102 Å². The van der Waals surface area contributed by atoms with Gasteiger partial charge in [-0.15, -0.1) is 0 Å². The van der Waals surface area contributed by atoms with Crippen LogP contribution in [0.15, 0.2) is 12.4 Å². The molecule has 1 aromatic rings. The molecule has 1 heterocycles. The first-order valence-corrected chi connectivity index (χ1v) is 6.17. The largest absolute Gasteiger partial charge is 0.381 e. The van der Waals surface area contributed by atoms with Crippen LogP contribution in [0.2, 0.25) is 0 Å². The maximum absolute atomic E-state index is 5.36. The number of nitrogens with one attached hydrogen (secondary N) is 2. The summed E-state index contributed by atoms with van der Waals surface area (Å²) < 4.78 is 5.36. The van der Waals surface area contributed by atoms with E-state index in [9.17, 15) is 0 Å². The predicted molar refractivity (Wildman–Crippen MR) is 68.3 cm³/mol. The molecule has 1 fully saturated rings. The minimum absolute atomic E-state index is 0.391. The van der Waals surface area contributed by atoms with E-state index in [0.29, 0.717) is 12.1 Å². The van der Waals surface area contributed by atoms with E-state index < -0.39 is 0 Å². The Morgan fingerprint density at radius 3 is 2.88 bits per heavy atom. The summed E-state index contributed by atoms with van der Waals surface area (Å²) in [6.45, 7) is 2.92. The molecule has 2 unspecified atom stereocenters. The van der Waals surface area contributed by atoms with Crippen LogP contribution >= 0.6 is 0 Å². The summed E-state index contributed by atoms with van der Waals surface area (Å²) in [6, 6.07) is 2.41. The standard InChI is InChI=1S/C12H20N4O/c1-3-13-11-7-12(15-8-14-11)16-9-4-5-10(6-9)17-2/h7-10H,3-6H2,1-2H3,(H2,13,14,15,16). The van der Waals surface area contributed by atoms with E-state index in [0.717, 1.165) is 37.4 Å². The average Bonchev–Trinajstić information content (AvgIpc) is 2.78. The highest BCUT2D eigenvalue weighted by Crippen LogP contribution is 2.24. The molecular weight excluding hydrogens is 216 g/mol. The fourth-order valence-electron chi connectivity index (χ4n) is 2.21. The molecule has 1 aromatic heterocycles.